The lowest BCUT2D eigenvalue weighted by molar-refractivity contribution is 0.1000. The fourth-order valence-corrected chi connectivity index (χ4v) is 1.32. The van der Waals surface area contributed by atoms with Gasteiger partial charge >= 0.3 is 0 Å². The van der Waals surface area contributed by atoms with E-state index in [4.69, 9.17) is 5.73 Å². The molecule has 0 aliphatic carbocycles. The van der Waals surface area contributed by atoms with E-state index in [0.717, 1.165) is 6.42 Å². The molecule has 0 aromatic heterocycles. The summed E-state index contributed by atoms with van der Waals surface area (Å²) in [5.74, 6) is 0.244. The van der Waals surface area contributed by atoms with Crippen molar-refractivity contribution in [1.82, 2.24) is 0 Å². The summed E-state index contributed by atoms with van der Waals surface area (Å²) in [7, 11) is 0. The molecule has 2 heteroatoms. The standard InChI is InChI=1S/C11H15NO.C2H6/c1-8(2)6-9-4-3-5-10(7-9)11(12)13;1-2/h3-5,7-8H,6H2,1-2H3,(H2,12,13);1-2H3. The molecule has 0 fully saturated rings. The number of benzene rings is 1. The van der Waals surface area contributed by atoms with Gasteiger partial charge in [-0.1, -0.05) is 39.8 Å². The predicted molar refractivity (Wildman–Crippen MR) is 64.8 cm³/mol. The first-order chi connectivity index (χ1) is 7.09. The molecule has 0 spiro atoms. The van der Waals surface area contributed by atoms with E-state index in [0.29, 0.717) is 11.5 Å². The van der Waals surface area contributed by atoms with E-state index in [-0.39, 0.29) is 5.91 Å². The predicted octanol–water partition coefficient (Wildman–Crippen LogP) is 3.01. The third-order valence-corrected chi connectivity index (χ3v) is 1.86. The average molecular weight is 207 g/mol. The molecule has 1 amide bonds. The van der Waals surface area contributed by atoms with Gasteiger partial charge in [0.2, 0.25) is 5.91 Å². The molecule has 0 unspecified atom stereocenters. The first-order valence-corrected chi connectivity index (χ1v) is 5.48. The van der Waals surface area contributed by atoms with E-state index in [2.05, 4.69) is 13.8 Å². The zero-order valence-corrected chi connectivity index (χ0v) is 10.1. The van der Waals surface area contributed by atoms with E-state index in [1.165, 1.54) is 5.56 Å². The number of nitrogens with two attached hydrogens (primary N) is 1. The molecule has 0 radical (unpaired) electrons. The maximum absolute atomic E-state index is 10.9. The smallest absolute Gasteiger partial charge is 0.248 e. The second-order valence-electron chi connectivity index (χ2n) is 3.66. The summed E-state index contributed by atoms with van der Waals surface area (Å²) in [4.78, 5) is 10.9. The number of rotatable bonds is 3. The Bertz CT molecular complexity index is 305. The summed E-state index contributed by atoms with van der Waals surface area (Å²) in [6.07, 6.45) is 0.987. The van der Waals surface area contributed by atoms with Crippen molar-refractivity contribution in [1.29, 1.82) is 0 Å². The minimum Gasteiger partial charge on any atom is -0.366 e. The minimum absolute atomic E-state index is 0.356. The summed E-state index contributed by atoms with van der Waals surface area (Å²) >= 11 is 0. The number of hydrogen-bond acceptors (Lipinski definition) is 1. The van der Waals surface area contributed by atoms with Crippen LogP contribution in [0.3, 0.4) is 0 Å². The van der Waals surface area contributed by atoms with Gasteiger partial charge in [0.25, 0.3) is 0 Å². The molecule has 0 aliphatic heterocycles. The average Bonchev–Trinajstić information content (AvgIpc) is 2.20. The number of carbonyl (C=O) groups excluding carboxylic acids is 1. The molecule has 1 rings (SSSR count). The van der Waals surface area contributed by atoms with Crippen LogP contribution in [0.5, 0.6) is 0 Å². The van der Waals surface area contributed by atoms with Gasteiger partial charge < -0.3 is 5.73 Å². The van der Waals surface area contributed by atoms with Gasteiger partial charge in [-0.15, -0.1) is 0 Å². The molecule has 2 N–H and O–H groups in total. The summed E-state index contributed by atoms with van der Waals surface area (Å²) < 4.78 is 0. The fourth-order valence-electron chi connectivity index (χ4n) is 1.32. The van der Waals surface area contributed by atoms with Crippen molar-refractivity contribution < 1.29 is 4.79 Å². The summed E-state index contributed by atoms with van der Waals surface area (Å²) in [6, 6.07) is 7.50. The molecule has 0 aliphatic rings. The van der Waals surface area contributed by atoms with Crippen molar-refractivity contribution in [2.24, 2.45) is 11.7 Å². The van der Waals surface area contributed by atoms with Gasteiger partial charge in [-0.05, 0) is 30.0 Å². The third-order valence-electron chi connectivity index (χ3n) is 1.86. The van der Waals surface area contributed by atoms with Gasteiger partial charge in [0.1, 0.15) is 0 Å². The van der Waals surface area contributed by atoms with Crippen molar-refractivity contribution in [2.45, 2.75) is 34.1 Å². The van der Waals surface area contributed by atoms with Crippen molar-refractivity contribution >= 4 is 5.91 Å². The molecule has 1 aromatic carbocycles. The SMILES string of the molecule is CC.CC(C)Cc1cccc(C(N)=O)c1. The molecule has 0 atom stereocenters. The number of hydrogen-bond donors (Lipinski definition) is 1. The van der Waals surface area contributed by atoms with E-state index in [9.17, 15) is 4.79 Å². The molecular weight excluding hydrogens is 186 g/mol. The molecule has 15 heavy (non-hydrogen) atoms. The Labute approximate surface area is 92.5 Å². The topological polar surface area (TPSA) is 43.1 Å². The van der Waals surface area contributed by atoms with Gasteiger partial charge in [0, 0.05) is 5.56 Å². The highest BCUT2D eigenvalue weighted by Crippen LogP contribution is 2.09. The van der Waals surface area contributed by atoms with E-state index < -0.39 is 0 Å². The molecular formula is C13H21NO. The van der Waals surface area contributed by atoms with Crippen LogP contribution < -0.4 is 5.73 Å². The molecule has 1 aromatic rings. The molecule has 0 saturated heterocycles. The Kier molecular flexibility index (Phi) is 6.43. The summed E-state index contributed by atoms with van der Waals surface area (Å²) in [5, 5.41) is 0. The Balaban J connectivity index is 0.000000921. The van der Waals surface area contributed by atoms with Gasteiger partial charge in [-0.2, -0.15) is 0 Å². The van der Waals surface area contributed by atoms with Crippen molar-refractivity contribution in [2.75, 3.05) is 0 Å². The Morgan fingerprint density at radius 2 is 1.93 bits per heavy atom. The summed E-state index contributed by atoms with van der Waals surface area (Å²) in [6.45, 7) is 8.30. The van der Waals surface area contributed by atoms with E-state index in [1.54, 1.807) is 6.07 Å². The molecule has 0 saturated carbocycles. The van der Waals surface area contributed by atoms with Crippen LogP contribution in [0.25, 0.3) is 0 Å². The zero-order valence-electron chi connectivity index (χ0n) is 10.1. The largest absolute Gasteiger partial charge is 0.366 e. The number of amides is 1. The highest BCUT2D eigenvalue weighted by molar-refractivity contribution is 5.92. The van der Waals surface area contributed by atoms with Crippen LogP contribution in [-0.4, -0.2) is 5.91 Å². The first kappa shape index (κ1) is 13.7. The van der Waals surface area contributed by atoms with E-state index in [1.807, 2.05) is 32.0 Å². The Morgan fingerprint density at radius 3 is 2.40 bits per heavy atom. The third kappa shape index (κ3) is 5.21. The lowest BCUT2D eigenvalue weighted by Gasteiger charge is -2.05. The van der Waals surface area contributed by atoms with Gasteiger partial charge in [-0.25, -0.2) is 0 Å². The van der Waals surface area contributed by atoms with Crippen LogP contribution in [0.1, 0.15) is 43.6 Å². The normalized spacial score (nSPS) is 9.40. The van der Waals surface area contributed by atoms with Crippen LogP contribution in [0.15, 0.2) is 24.3 Å². The maximum atomic E-state index is 10.9. The van der Waals surface area contributed by atoms with Crippen LogP contribution in [0, 0.1) is 5.92 Å². The summed E-state index contributed by atoms with van der Waals surface area (Å²) in [5.41, 5.74) is 6.94. The second-order valence-corrected chi connectivity index (χ2v) is 3.66. The Hall–Kier alpha value is -1.31. The molecule has 0 heterocycles. The van der Waals surface area contributed by atoms with Gasteiger partial charge in [-0.3, -0.25) is 4.79 Å². The highest BCUT2D eigenvalue weighted by atomic mass is 16.1. The lowest BCUT2D eigenvalue weighted by Crippen LogP contribution is -2.11. The second kappa shape index (κ2) is 7.04. The highest BCUT2D eigenvalue weighted by Gasteiger charge is 2.02. The van der Waals surface area contributed by atoms with Crippen molar-refractivity contribution in [3.63, 3.8) is 0 Å². The van der Waals surface area contributed by atoms with Gasteiger partial charge in [0.05, 0.1) is 0 Å². The zero-order chi connectivity index (χ0) is 11.8. The molecule has 84 valence electrons. The number of carbonyl (C=O) groups is 1. The quantitative estimate of drug-likeness (QED) is 0.813. The molecule has 0 bridgehead atoms. The first-order valence-electron chi connectivity index (χ1n) is 5.48. The van der Waals surface area contributed by atoms with E-state index >= 15 is 0 Å². The maximum Gasteiger partial charge on any atom is 0.248 e. The van der Waals surface area contributed by atoms with Gasteiger partial charge in [0.15, 0.2) is 0 Å². The Morgan fingerprint density at radius 1 is 1.33 bits per heavy atom. The van der Waals surface area contributed by atoms with Crippen LogP contribution in [0.2, 0.25) is 0 Å². The number of primary amides is 1. The van der Waals surface area contributed by atoms with Crippen molar-refractivity contribution in [3.8, 4) is 0 Å². The fraction of sp³-hybridized carbons (Fsp3) is 0.462. The van der Waals surface area contributed by atoms with Crippen molar-refractivity contribution in [3.05, 3.63) is 35.4 Å². The van der Waals surface area contributed by atoms with Crippen LogP contribution in [-0.2, 0) is 6.42 Å². The van der Waals surface area contributed by atoms with Crippen LogP contribution >= 0.6 is 0 Å². The van der Waals surface area contributed by atoms with Crippen LogP contribution in [0.4, 0.5) is 0 Å². The monoisotopic (exact) mass is 207 g/mol. The molecule has 2 nitrogen and oxygen atoms in total. The minimum atomic E-state index is -0.356. The lowest BCUT2D eigenvalue weighted by atomic mass is 10.0.